The SMILES string of the molecule is CC\C=C/C=C\C=C/CCCCCCCCCC(=O)OC(COC(=O)C/C=C\C/C=C\C/C=C\CC)COC(=O)CCCCCCCC/C=C\C/C=C\C/C=C\CC. The average molecular weight is 803 g/mol. The van der Waals surface area contributed by atoms with E-state index < -0.39 is 12.1 Å². The monoisotopic (exact) mass is 803 g/mol. The Hall–Kier alpha value is -3.93. The maximum atomic E-state index is 12.7. The largest absolute Gasteiger partial charge is 0.462 e. The number of rotatable bonds is 39. The molecule has 0 amide bonds. The molecule has 0 fully saturated rings. The van der Waals surface area contributed by atoms with Crippen molar-refractivity contribution in [2.75, 3.05) is 13.2 Å². The van der Waals surface area contributed by atoms with Crippen molar-refractivity contribution in [2.24, 2.45) is 0 Å². The average Bonchev–Trinajstić information content (AvgIpc) is 3.22. The van der Waals surface area contributed by atoms with Crippen LogP contribution in [0.25, 0.3) is 0 Å². The van der Waals surface area contributed by atoms with E-state index in [4.69, 9.17) is 14.2 Å². The molecule has 0 heterocycles. The van der Waals surface area contributed by atoms with Gasteiger partial charge in [-0.3, -0.25) is 14.4 Å². The van der Waals surface area contributed by atoms with Crippen molar-refractivity contribution in [1.29, 1.82) is 0 Å². The molecule has 0 spiro atoms. The van der Waals surface area contributed by atoms with Crippen LogP contribution in [0.5, 0.6) is 0 Å². The summed E-state index contributed by atoms with van der Waals surface area (Å²) in [6.45, 7) is 6.13. The molecule has 0 aromatic carbocycles. The molecule has 0 saturated heterocycles. The van der Waals surface area contributed by atoms with Gasteiger partial charge in [0.15, 0.2) is 6.10 Å². The lowest BCUT2D eigenvalue weighted by atomic mass is 10.1. The van der Waals surface area contributed by atoms with E-state index in [1.165, 1.54) is 32.1 Å². The number of allylic oxidation sites excluding steroid dienone is 17. The first-order valence-corrected chi connectivity index (χ1v) is 22.9. The van der Waals surface area contributed by atoms with Gasteiger partial charge in [0, 0.05) is 12.8 Å². The van der Waals surface area contributed by atoms with Crippen LogP contribution >= 0.6 is 0 Å². The highest BCUT2D eigenvalue weighted by molar-refractivity contribution is 5.72. The van der Waals surface area contributed by atoms with Crippen molar-refractivity contribution in [3.63, 3.8) is 0 Å². The van der Waals surface area contributed by atoms with Crippen molar-refractivity contribution in [1.82, 2.24) is 0 Å². The zero-order valence-electron chi connectivity index (χ0n) is 37.0. The highest BCUT2D eigenvalue weighted by Crippen LogP contribution is 2.13. The second-order valence-corrected chi connectivity index (χ2v) is 14.6. The molecular weight excluding hydrogens is 721 g/mol. The predicted octanol–water partition coefficient (Wildman–Crippen LogP) is 14.8. The van der Waals surface area contributed by atoms with Crippen molar-refractivity contribution in [3.05, 3.63) is 109 Å². The Bertz CT molecular complexity index is 1240. The third kappa shape index (κ3) is 43.2. The van der Waals surface area contributed by atoms with Crippen LogP contribution in [0.1, 0.15) is 181 Å². The van der Waals surface area contributed by atoms with Crippen LogP contribution in [0, 0.1) is 0 Å². The van der Waals surface area contributed by atoms with E-state index in [0.717, 1.165) is 109 Å². The van der Waals surface area contributed by atoms with Gasteiger partial charge in [-0.05, 0) is 83.5 Å². The number of hydrogen-bond donors (Lipinski definition) is 0. The van der Waals surface area contributed by atoms with Crippen molar-refractivity contribution < 1.29 is 28.6 Å². The normalized spacial score (nSPS) is 13.1. The maximum absolute atomic E-state index is 12.7. The van der Waals surface area contributed by atoms with Gasteiger partial charge in [0.1, 0.15) is 13.2 Å². The first-order chi connectivity index (χ1) is 28.5. The smallest absolute Gasteiger partial charge is 0.309 e. The second kappa shape index (κ2) is 45.8. The lowest BCUT2D eigenvalue weighted by Gasteiger charge is -2.18. The van der Waals surface area contributed by atoms with Crippen LogP contribution in [0.15, 0.2) is 109 Å². The Balaban J connectivity index is 4.47. The number of carbonyl (C=O) groups is 3. The van der Waals surface area contributed by atoms with E-state index in [-0.39, 0.29) is 31.6 Å². The number of unbranched alkanes of at least 4 members (excludes halogenated alkanes) is 13. The molecule has 0 N–H and O–H groups in total. The zero-order chi connectivity index (χ0) is 42.3. The number of ether oxygens (including phenoxy) is 3. The maximum Gasteiger partial charge on any atom is 0.309 e. The lowest BCUT2D eigenvalue weighted by molar-refractivity contribution is -0.166. The third-order valence-electron chi connectivity index (χ3n) is 9.10. The van der Waals surface area contributed by atoms with Crippen molar-refractivity contribution >= 4 is 17.9 Å². The molecule has 1 unspecified atom stereocenters. The van der Waals surface area contributed by atoms with Crippen LogP contribution in [0.4, 0.5) is 0 Å². The topological polar surface area (TPSA) is 78.9 Å². The van der Waals surface area contributed by atoms with Crippen molar-refractivity contribution in [2.45, 2.75) is 187 Å². The Morgan fingerprint density at radius 3 is 1.31 bits per heavy atom. The van der Waals surface area contributed by atoms with Gasteiger partial charge in [0.25, 0.3) is 0 Å². The molecule has 0 aliphatic carbocycles. The van der Waals surface area contributed by atoms with Gasteiger partial charge in [-0.1, -0.05) is 188 Å². The molecule has 0 aliphatic heterocycles. The van der Waals surface area contributed by atoms with Crippen LogP contribution in [0.3, 0.4) is 0 Å². The number of hydrogen-bond acceptors (Lipinski definition) is 6. The molecule has 0 rings (SSSR count). The summed E-state index contributed by atoms with van der Waals surface area (Å²) in [6, 6.07) is 0. The van der Waals surface area contributed by atoms with E-state index in [1.807, 2.05) is 6.08 Å². The molecule has 6 heteroatoms. The first kappa shape index (κ1) is 54.1. The van der Waals surface area contributed by atoms with Gasteiger partial charge in [0.2, 0.25) is 0 Å². The van der Waals surface area contributed by atoms with Gasteiger partial charge in [-0.15, -0.1) is 0 Å². The quantitative estimate of drug-likeness (QED) is 0.0202. The summed E-state index contributed by atoms with van der Waals surface area (Å²) in [5.74, 6) is -1.08. The number of esters is 3. The fraction of sp³-hybridized carbons (Fsp3) is 0.596. The summed E-state index contributed by atoms with van der Waals surface area (Å²) in [4.78, 5) is 37.7. The molecule has 0 bridgehead atoms. The highest BCUT2D eigenvalue weighted by atomic mass is 16.6. The van der Waals surface area contributed by atoms with E-state index >= 15 is 0 Å². The molecule has 58 heavy (non-hydrogen) atoms. The highest BCUT2D eigenvalue weighted by Gasteiger charge is 2.19. The molecule has 0 saturated carbocycles. The van der Waals surface area contributed by atoms with Gasteiger partial charge in [0.05, 0.1) is 6.42 Å². The fourth-order valence-electron chi connectivity index (χ4n) is 5.75. The van der Waals surface area contributed by atoms with Gasteiger partial charge in [-0.2, -0.15) is 0 Å². The Kier molecular flexibility index (Phi) is 42.7. The van der Waals surface area contributed by atoms with Crippen LogP contribution in [0.2, 0.25) is 0 Å². The van der Waals surface area contributed by atoms with Gasteiger partial charge in [-0.25, -0.2) is 0 Å². The summed E-state index contributed by atoms with van der Waals surface area (Å²) in [5, 5.41) is 0. The summed E-state index contributed by atoms with van der Waals surface area (Å²) in [7, 11) is 0. The van der Waals surface area contributed by atoms with Crippen LogP contribution in [-0.4, -0.2) is 37.2 Å². The Morgan fingerprint density at radius 1 is 0.379 bits per heavy atom. The zero-order valence-corrected chi connectivity index (χ0v) is 37.0. The van der Waals surface area contributed by atoms with Crippen LogP contribution < -0.4 is 0 Å². The van der Waals surface area contributed by atoms with E-state index in [2.05, 4.69) is 118 Å². The van der Waals surface area contributed by atoms with E-state index in [9.17, 15) is 14.4 Å². The molecule has 6 nitrogen and oxygen atoms in total. The summed E-state index contributed by atoms with van der Waals surface area (Å²) < 4.78 is 16.6. The second-order valence-electron chi connectivity index (χ2n) is 14.6. The lowest BCUT2D eigenvalue weighted by Crippen LogP contribution is -2.30. The summed E-state index contributed by atoms with van der Waals surface area (Å²) in [5.41, 5.74) is 0. The molecular formula is C52H82O6. The molecule has 326 valence electrons. The summed E-state index contributed by atoms with van der Waals surface area (Å²) in [6.07, 6.45) is 61.0. The minimum Gasteiger partial charge on any atom is -0.462 e. The Morgan fingerprint density at radius 2 is 0.776 bits per heavy atom. The molecule has 0 radical (unpaired) electrons. The third-order valence-corrected chi connectivity index (χ3v) is 9.10. The number of carbonyl (C=O) groups excluding carboxylic acids is 3. The van der Waals surface area contributed by atoms with E-state index in [0.29, 0.717) is 12.8 Å². The molecule has 1 atom stereocenters. The van der Waals surface area contributed by atoms with Gasteiger partial charge < -0.3 is 14.2 Å². The first-order valence-electron chi connectivity index (χ1n) is 22.9. The predicted molar refractivity (Wildman–Crippen MR) is 247 cm³/mol. The molecule has 0 aromatic heterocycles. The molecule has 0 aliphatic rings. The van der Waals surface area contributed by atoms with Gasteiger partial charge >= 0.3 is 17.9 Å². The van der Waals surface area contributed by atoms with Crippen LogP contribution in [-0.2, 0) is 28.6 Å². The minimum absolute atomic E-state index is 0.119. The fourth-order valence-corrected chi connectivity index (χ4v) is 5.75. The van der Waals surface area contributed by atoms with Crippen molar-refractivity contribution in [3.8, 4) is 0 Å². The summed E-state index contributed by atoms with van der Waals surface area (Å²) >= 11 is 0. The standard InChI is InChI=1S/C52H82O6/c1-4-7-10-13-16-19-21-23-25-27-28-30-33-36-39-42-45-51(54)57-48-49(47-56-50(53)44-41-38-35-32-18-15-12-9-6-3)58-52(55)46-43-40-37-34-31-29-26-24-22-20-17-14-11-8-5-2/h7-12,14,16-20,22-23,25,32,38,41,49H,4-6,13,15,21,24,26-31,33-37,39-40,42-48H2,1-3H3/b10-7-,11-8-,12-9-,17-14-,19-16-,22-20-,25-23-,32-18-,41-38-. The molecule has 0 aromatic rings. The van der Waals surface area contributed by atoms with E-state index in [1.54, 1.807) is 6.08 Å². The minimum atomic E-state index is -0.825. The Labute approximate surface area is 355 Å².